The predicted molar refractivity (Wildman–Crippen MR) is 132 cm³/mol. The summed E-state index contributed by atoms with van der Waals surface area (Å²) < 4.78 is 45.6. The summed E-state index contributed by atoms with van der Waals surface area (Å²) in [5.74, 6) is 0.896. The summed E-state index contributed by atoms with van der Waals surface area (Å²) >= 11 is -4.64. The van der Waals surface area contributed by atoms with Crippen LogP contribution in [0.25, 0.3) is 0 Å². The molecule has 0 heterocycles. The van der Waals surface area contributed by atoms with Gasteiger partial charge in [0.05, 0.1) is 0 Å². The van der Waals surface area contributed by atoms with Crippen molar-refractivity contribution in [2.75, 3.05) is 19.8 Å². The van der Waals surface area contributed by atoms with Gasteiger partial charge in [0.25, 0.3) is 0 Å². The van der Waals surface area contributed by atoms with Gasteiger partial charge in [-0.15, -0.1) is 0 Å². The monoisotopic (exact) mass is 572 g/mol. The predicted octanol–water partition coefficient (Wildman–Crippen LogP) is 6.72. The van der Waals surface area contributed by atoms with E-state index in [1.54, 1.807) is 0 Å². The summed E-state index contributed by atoms with van der Waals surface area (Å²) in [6.07, 6.45) is 2.11. The number of hydrogen-bond acceptors (Lipinski definition) is 7. The molecule has 0 fully saturated rings. The molecule has 0 aromatic rings. The third kappa shape index (κ3) is 14.8. The molecule has 0 spiro atoms. The molecule has 0 aromatic heterocycles. The average Bonchev–Trinajstić information content (AvgIpc) is 2.74. The molecule has 33 heavy (non-hydrogen) atoms. The van der Waals surface area contributed by atoms with Gasteiger partial charge >= 0.3 is 214 Å². The second-order valence-corrected chi connectivity index (χ2v) is 18.2. The van der Waals surface area contributed by atoms with Crippen LogP contribution in [0.2, 0.25) is 0 Å². The maximum absolute atomic E-state index is 6.81. The van der Waals surface area contributed by atoms with Crippen LogP contribution < -0.4 is 0 Å². The van der Waals surface area contributed by atoms with Gasteiger partial charge in [-0.25, -0.2) is 0 Å². The Morgan fingerprint density at radius 3 is 1.00 bits per heavy atom. The molecule has 0 aromatic carbocycles. The number of hydrogen-bond donors (Lipinski definition) is 0. The number of rotatable bonds is 20. The van der Waals surface area contributed by atoms with E-state index in [4.69, 9.17) is 24.2 Å². The maximum atomic E-state index is 6.81. The summed E-state index contributed by atoms with van der Waals surface area (Å²) in [7, 11) is -3.68. The van der Waals surface area contributed by atoms with Crippen LogP contribution in [0.4, 0.5) is 0 Å². The summed E-state index contributed by atoms with van der Waals surface area (Å²) in [6.45, 7) is 26.3. The molecule has 9 heteroatoms. The molecule has 0 rings (SSSR count). The zero-order valence-corrected chi connectivity index (χ0v) is 27.0. The molecule has 3 atom stereocenters. The van der Waals surface area contributed by atoms with Crippen molar-refractivity contribution in [3.8, 4) is 0 Å². The van der Waals surface area contributed by atoms with Crippen molar-refractivity contribution in [3.05, 3.63) is 0 Å². The Morgan fingerprint density at radius 2 is 0.788 bits per heavy atom. The Labute approximate surface area is 212 Å². The van der Waals surface area contributed by atoms with Crippen molar-refractivity contribution in [2.45, 2.75) is 121 Å². The van der Waals surface area contributed by atoms with Crippen LogP contribution in [-0.2, 0) is 46.2 Å². The molecule has 3 unspecified atom stereocenters. The van der Waals surface area contributed by atoms with Crippen molar-refractivity contribution in [1.29, 1.82) is 0 Å². The third-order valence-corrected chi connectivity index (χ3v) is 14.9. The van der Waals surface area contributed by atoms with E-state index in [0.717, 1.165) is 19.3 Å². The molecule has 0 saturated heterocycles. The van der Waals surface area contributed by atoms with Crippen LogP contribution in [0.15, 0.2) is 0 Å². The van der Waals surface area contributed by atoms with Crippen LogP contribution in [0.5, 0.6) is 0 Å². The molecule has 0 aliphatic heterocycles. The fraction of sp³-hybridized carbons (Fsp3) is 1.00. The van der Waals surface area contributed by atoms with Gasteiger partial charge in [-0.1, -0.05) is 0 Å². The first kappa shape index (κ1) is 33.8. The molecule has 0 aliphatic rings. The average molecular weight is 574 g/mol. The summed E-state index contributed by atoms with van der Waals surface area (Å²) in [5, 5.41) is 0. The first-order chi connectivity index (χ1) is 15.3. The van der Waals surface area contributed by atoms with Crippen LogP contribution in [0, 0.1) is 17.8 Å². The third-order valence-electron chi connectivity index (χ3n) is 4.79. The van der Waals surface area contributed by atoms with Crippen LogP contribution in [0.1, 0.15) is 102 Å². The van der Waals surface area contributed by atoms with Crippen LogP contribution in [0.3, 0.4) is 0 Å². The van der Waals surface area contributed by atoms with E-state index in [9.17, 15) is 0 Å². The Kier molecular flexibility index (Phi) is 17.7. The molecule has 0 bridgehead atoms. The van der Waals surface area contributed by atoms with E-state index in [1.807, 2.05) is 20.8 Å². The summed E-state index contributed by atoms with van der Waals surface area (Å²) in [4.78, 5) is 0. The van der Waals surface area contributed by atoms with E-state index in [-0.39, 0.29) is 18.3 Å². The second kappa shape index (κ2) is 17.3. The molecule has 0 saturated carbocycles. The Balaban J connectivity index is 6.43. The van der Waals surface area contributed by atoms with Gasteiger partial charge in [-0.2, -0.15) is 0 Å². The molecule has 0 N–H and O–H groups in total. The summed E-state index contributed by atoms with van der Waals surface area (Å²) in [5.41, 5.74) is 0. The standard InChI is InChI=1S/C12H27O4Si.3C4H9O.Zr/c1-7-10(4)14-17(13,15-11(5)8-2)16-12(6)9-3;3*1-4(2)3-5;/h10-12H,7-9H2,1-6H3;3*4H,3H2,1-2H3;/q4*-1;+4. The van der Waals surface area contributed by atoms with Crippen LogP contribution >= 0.6 is 0 Å². The molecule has 0 amide bonds. The van der Waals surface area contributed by atoms with E-state index in [2.05, 4.69) is 62.3 Å². The van der Waals surface area contributed by atoms with Crippen molar-refractivity contribution in [1.82, 2.24) is 0 Å². The van der Waals surface area contributed by atoms with Crippen LogP contribution in [-0.4, -0.2) is 47.2 Å². The fourth-order valence-electron chi connectivity index (χ4n) is 2.32. The minimum atomic E-state index is -4.64. The molecular weight excluding hydrogens is 520 g/mol. The van der Waals surface area contributed by atoms with Gasteiger partial charge in [0.2, 0.25) is 0 Å². The van der Waals surface area contributed by atoms with E-state index >= 15 is 0 Å². The minimum absolute atomic E-state index is 0.103. The Hall–Kier alpha value is 0.820. The zero-order chi connectivity index (χ0) is 25.7. The van der Waals surface area contributed by atoms with Gasteiger partial charge in [-0.05, 0) is 0 Å². The van der Waals surface area contributed by atoms with Crippen molar-refractivity contribution in [3.63, 3.8) is 0 Å². The Morgan fingerprint density at radius 1 is 0.515 bits per heavy atom. The van der Waals surface area contributed by atoms with Crippen molar-refractivity contribution >= 4 is 9.05 Å². The molecule has 7 nitrogen and oxygen atoms in total. The first-order valence-corrected chi connectivity index (χ1v) is 18.6. The SMILES string of the molecule is CCC(C)O[Si](OC(C)CC)(OC(C)CC)[O][Zr]([O]CC(C)C)([O]CC(C)C)[O]CC(C)C. The zero-order valence-electron chi connectivity index (χ0n) is 23.6. The van der Waals surface area contributed by atoms with Gasteiger partial charge in [0, 0.05) is 0 Å². The van der Waals surface area contributed by atoms with E-state index in [0.29, 0.717) is 37.6 Å². The molecule has 0 aliphatic carbocycles. The normalized spacial score (nSPS) is 17.5. The first-order valence-electron chi connectivity index (χ1n) is 13.0. The van der Waals surface area contributed by atoms with Crippen molar-refractivity contribution < 1.29 is 46.2 Å². The van der Waals surface area contributed by atoms with E-state index < -0.39 is 31.1 Å². The van der Waals surface area contributed by atoms with Gasteiger partial charge < -0.3 is 0 Å². The molecular formula is C24H54O7SiZr. The van der Waals surface area contributed by atoms with E-state index in [1.165, 1.54) is 0 Å². The Bertz CT molecular complexity index is 431. The molecule has 0 radical (unpaired) electrons. The fourth-order valence-corrected chi connectivity index (χ4v) is 14.3. The topological polar surface area (TPSA) is 64.6 Å². The van der Waals surface area contributed by atoms with Gasteiger partial charge in [-0.3, -0.25) is 0 Å². The van der Waals surface area contributed by atoms with Gasteiger partial charge in [0.15, 0.2) is 0 Å². The second-order valence-electron chi connectivity index (χ2n) is 10.2. The quantitative estimate of drug-likeness (QED) is 0.150. The van der Waals surface area contributed by atoms with Gasteiger partial charge in [0.1, 0.15) is 0 Å². The van der Waals surface area contributed by atoms with Crippen molar-refractivity contribution in [2.24, 2.45) is 17.8 Å². The summed E-state index contributed by atoms with van der Waals surface area (Å²) in [6, 6.07) is 0. The molecule has 200 valence electrons.